The van der Waals surface area contributed by atoms with Crippen molar-refractivity contribution in [1.82, 2.24) is 4.90 Å². The van der Waals surface area contributed by atoms with Crippen LogP contribution >= 0.6 is 11.3 Å². The highest BCUT2D eigenvalue weighted by molar-refractivity contribution is 7.10. The molecule has 1 aliphatic rings. The van der Waals surface area contributed by atoms with Gasteiger partial charge >= 0.3 is 0 Å². The zero-order valence-electron chi connectivity index (χ0n) is 11.5. The fraction of sp³-hybridized carbons (Fsp3) is 0.312. The molecule has 1 aromatic carbocycles. The van der Waals surface area contributed by atoms with E-state index in [-0.39, 0.29) is 11.9 Å². The van der Waals surface area contributed by atoms with Crippen molar-refractivity contribution in [3.05, 3.63) is 51.7 Å². The van der Waals surface area contributed by atoms with Gasteiger partial charge in [-0.3, -0.25) is 4.79 Å². The summed E-state index contributed by atoms with van der Waals surface area (Å²) < 4.78 is 0. The summed E-state index contributed by atoms with van der Waals surface area (Å²) in [5.41, 5.74) is 8.43. The van der Waals surface area contributed by atoms with Crippen molar-refractivity contribution in [2.45, 2.75) is 25.8 Å². The maximum Gasteiger partial charge on any atom is 0.256 e. The van der Waals surface area contributed by atoms with Crippen LogP contribution in [0.4, 0.5) is 5.69 Å². The summed E-state index contributed by atoms with van der Waals surface area (Å²) in [6, 6.07) is 9.65. The lowest BCUT2D eigenvalue weighted by Gasteiger charge is -2.35. The molecule has 2 aromatic rings. The molecule has 0 fully saturated rings. The number of para-hydroxylation sites is 1. The molecule has 3 rings (SSSR count). The molecule has 104 valence electrons. The van der Waals surface area contributed by atoms with Gasteiger partial charge < -0.3 is 10.6 Å². The monoisotopic (exact) mass is 286 g/mol. The topological polar surface area (TPSA) is 46.3 Å². The van der Waals surface area contributed by atoms with Crippen molar-refractivity contribution in [2.24, 2.45) is 0 Å². The molecule has 0 spiro atoms. The van der Waals surface area contributed by atoms with E-state index in [9.17, 15) is 4.79 Å². The number of hydrogen-bond donors (Lipinski definition) is 1. The Hall–Kier alpha value is -1.81. The van der Waals surface area contributed by atoms with Gasteiger partial charge in [-0.25, -0.2) is 0 Å². The summed E-state index contributed by atoms with van der Waals surface area (Å²) in [4.78, 5) is 16.2. The summed E-state index contributed by atoms with van der Waals surface area (Å²) in [6.07, 6.45) is 1.88. The molecule has 0 aliphatic carbocycles. The Morgan fingerprint density at radius 3 is 2.95 bits per heavy atom. The standard InChI is InChI=1S/C16H18N2OS/c1-2-14-12-8-10-20-15(12)7-9-18(14)16(19)11-5-3-4-6-13(11)17/h3-6,8,10,14H,2,7,9,17H2,1H3. The van der Waals surface area contributed by atoms with Crippen LogP contribution < -0.4 is 5.73 Å². The van der Waals surface area contributed by atoms with Crippen LogP contribution in [0.1, 0.15) is 40.2 Å². The number of hydrogen-bond acceptors (Lipinski definition) is 3. The van der Waals surface area contributed by atoms with E-state index in [0.717, 1.165) is 19.4 Å². The third-order valence-electron chi connectivity index (χ3n) is 3.93. The second-order valence-electron chi connectivity index (χ2n) is 5.06. The fourth-order valence-electron chi connectivity index (χ4n) is 2.93. The highest BCUT2D eigenvalue weighted by atomic mass is 32.1. The SMILES string of the molecule is CCC1c2ccsc2CCN1C(=O)c1ccccc1N. The van der Waals surface area contributed by atoms with Crippen LogP contribution in [0.3, 0.4) is 0 Å². The first-order valence-electron chi connectivity index (χ1n) is 6.94. The maximum absolute atomic E-state index is 12.8. The Bertz CT molecular complexity index is 635. The molecule has 4 heteroatoms. The predicted molar refractivity (Wildman–Crippen MR) is 82.9 cm³/mol. The highest BCUT2D eigenvalue weighted by Crippen LogP contribution is 2.36. The summed E-state index contributed by atoms with van der Waals surface area (Å²) in [7, 11) is 0. The molecule has 1 amide bonds. The molecule has 1 unspecified atom stereocenters. The molecule has 0 saturated heterocycles. The highest BCUT2D eigenvalue weighted by Gasteiger charge is 2.31. The molecular weight excluding hydrogens is 268 g/mol. The van der Waals surface area contributed by atoms with Gasteiger partial charge in [-0.05, 0) is 42.0 Å². The van der Waals surface area contributed by atoms with Gasteiger partial charge in [0.15, 0.2) is 0 Å². The number of rotatable bonds is 2. The molecule has 0 radical (unpaired) electrons. The van der Waals surface area contributed by atoms with Gasteiger partial charge in [0.05, 0.1) is 11.6 Å². The number of carbonyl (C=O) groups is 1. The number of fused-ring (bicyclic) bond motifs is 1. The van der Waals surface area contributed by atoms with E-state index in [1.807, 2.05) is 23.1 Å². The molecule has 1 atom stereocenters. The van der Waals surface area contributed by atoms with E-state index in [4.69, 9.17) is 5.73 Å². The van der Waals surface area contributed by atoms with Gasteiger partial charge in [-0.2, -0.15) is 0 Å². The lowest BCUT2D eigenvalue weighted by molar-refractivity contribution is 0.0658. The number of amides is 1. The van der Waals surface area contributed by atoms with Crippen LogP contribution in [-0.4, -0.2) is 17.4 Å². The van der Waals surface area contributed by atoms with E-state index in [1.54, 1.807) is 17.4 Å². The van der Waals surface area contributed by atoms with Gasteiger partial charge in [0.1, 0.15) is 0 Å². The number of benzene rings is 1. The van der Waals surface area contributed by atoms with Gasteiger partial charge in [0.2, 0.25) is 0 Å². The van der Waals surface area contributed by atoms with Gasteiger partial charge in [0, 0.05) is 17.1 Å². The summed E-state index contributed by atoms with van der Waals surface area (Å²) in [5.74, 6) is 0.0480. The largest absolute Gasteiger partial charge is 0.398 e. The molecular formula is C16H18N2OS. The average Bonchev–Trinajstić information content (AvgIpc) is 2.94. The second kappa shape index (κ2) is 5.29. The minimum absolute atomic E-state index is 0.0480. The first-order chi connectivity index (χ1) is 9.72. The Morgan fingerprint density at radius 1 is 1.40 bits per heavy atom. The molecule has 3 nitrogen and oxygen atoms in total. The van der Waals surface area contributed by atoms with E-state index < -0.39 is 0 Å². The predicted octanol–water partition coefficient (Wildman–Crippen LogP) is 3.48. The van der Waals surface area contributed by atoms with Gasteiger partial charge in [0.25, 0.3) is 5.91 Å². The number of thiophene rings is 1. The van der Waals surface area contributed by atoms with E-state index in [1.165, 1.54) is 10.4 Å². The quantitative estimate of drug-likeness (QED) is 0.859. The average molecular weight is 286 g/mol. The third-order valence-corrected chi connectivity index (χ3v) is 4.93. The van der Waals surface area contributed by atoms with Crippen molar-refractivity contribution in [1.29, 1.82) is 0 Å². The number of carbonyl (C=O) groups excluding carboxylic acids is 1. The molecule has 20 heavy (non-hydrogen) atoms. The van der Waals surface area contributed by atoms with Gasteiger partial charge in [-0.15, -0.1) is 11.3 Å². The molecule has 1 aromatic heterocycles. The van der Waals surface area contributed by atoms with Crippen LogP contribution in [0.5, 0.6) is 0 Å². The first-order valence-corrected chi connectivity index (χ1v) is 7.82. The smallest absolute Gasteiger partial charge is 0.256 e. The van der Waals surface area contributed by atoms with Crippen molar-refractivity contribution in [3.8, 4) is 0 Å². The lowest BCUT2D eigenvalue weighted by Crippen LogP contribution is -2.39. The fourth-order valence-corrected chi connectivity index (χ4v) is 3.85. The Labute approximate surface area is 123 Å². The van der Waals surface area contributed by atoms with Crippen molar-refractivity contribution < 1.29 is 4.79 Å². The molecule has 2 heterocycles. The van der Waals surface area contributed by atoms with Crippen LogP contribution in [-0.2, 0) is 6.42 Å². The normalized spacial score (nSPS) is 17.9. The molecule has 0 saturated carbocycles. The van der Waals surface area contributed by atoms with E-state index >= 15 is 0 Å². The molecule has 0 bridgehead atoms. The Morgan fingerprint density at radius 2 is 2.20 bits per heavy atom. The maximum atomic E-state index is 12.8. The zero-order valence-corrected chi connectivity index (χ0v) is 12.3. The summed E-state index contributed by atoms with van der Waals surface area (Å²) in [5, 5.41) is 2.12. The Balaban J connectivity index is 1.95. The minimum Gasteiger partial charge on any atom is -0.398 e. The van der Waals surface area contributed by atoms with Gasteiger partial charge in [-0.1, -0.05) is 19.1 Å². The van der Waals surface area contributed by atoms with Crippen molar-refractivity contribution in [3.63, 3.8) is 0 Å². The Kier molecular flexibility index (Phi) is 3.49. The minimum atomic E-state index is 0.0480. The molecule has 2 N–H and O–H groups in total. The lowest BCUT2D eigenvalue weighted by atomic mass is 9.96. The number of nitrogens with zero attached hydrogens (tertiary/aromatic N) is 1. The van der Waals surface area contributed by atoms with Crippen molar-refractivity contribution in [2.75, 3.05) is 12.3 Å². The zero-order chi connectivity index (χ0) is 14.1. The number of anilines is 1. The van der Waals surface area contributed by atoms with Crippen molar-refractivity contribution >= 4 is 22.9 Å². The van der Waals surface area contributed by atoms with E-state index in [0.29, 0.717) is 11.3 Å². The number of nitrogens with two attached hydrogens (primary N) is 1. The van der Waals surface area contributed by atoms with Crippen LogP contribution in [0.25, 0.3) is 0 Å². The summed E-state index contributed by atoms with van der Waals surface area (Å²) >= 11 is 1.79. The molecule has 1 aliphatic heterocycles. The second-order valence-corrected chi connectivity index (χ2v) is 6.06. The van der Waals surface area contributed by atoms with Crippen LogP contribution in [0.2, 0.25) is 0 Å². The third kappa shape index (κ3) is 2.10. The number of nitrogen functional groups attached to an aromatic ring is 1. The van der Waals surface area contributed by atoms with E-state index in [2.05, 4.69) is 18.4 Å². The van der Waals surface area contributed by atoms with Crippen LogP contribution in [0.15, 0.2) is 35.7 Å². The summed E-state index contributed by atoms with van der Waals surface area (Å²) in [6.45, 7) is 2.91. The first kappa shape index (κ1) is 13.2. The van der Waals surface area contributed by atoms with Crippen LogP contribution in [0, 0.1) is 0 Å².